The lowest BCUT2D eigenvalue weighted by molar-refractivity contribution is 0.112. The summed E-state index contributed by atoms with van der Waals surface area (Å²) < 4.78 is 6.60. The van der Waals surface area contributed by atoms with Gasteiger partial charge >= 0.3 is 0 Å². The molecule has 0 N–H and O–H groups in total. The highest BCUT2D eigenvalue weighted by atomic mass is 79.9. The van der Waals surface area contributed by atoms with Gasteiger partial charge in [0, 0.05) is 4.47 Å². The van der Waals surface area contributed by atoms with E-state index in [-0.39, 0.29) is 0 Å². The Bertz CT molecular complexity index is 493. The van der Waals surface area contributed by atoms with Gasteiger partial charge in [0.1, 0.15) is 6.61 Å². The van der Waals surface area contributed by atoms with Crippen LogP contribution in [0.1, 0.15) is 15.2 Å². The van der Waals surface area contributed by atoms with E-state index in [1.165, 1.54) is 11.3 Å². The zero-order valence-electron chi connectivity index (χ0n) is 8.35. The number of halogens is 1. The van der Waals surface area contributed by atoms with E-state index in [9.17, 15) is 4.79 Å². The molecule has 0 aliphatic heterocycles. The van der Waals surface area contributed by atoms with Crippen molar-refractivity contribution in [3.63, 3.8) is 0 Å². The molecule has 0 radical (unpaired) electrons. The van der Waals surface area contributed by atoms with Crippen LogP contribution in [0.5, 0.6) is 5.06 Å². The van der Waals surface area contributed by atoms with Crippen LogP contribution >= 0.6 is 27.3 Å². The summed E-state index contributed by atoms with van der Waals surface area (Å²) in [6, 6.07) is 11.5. The molecule has 0 fully saturated rings. The fourth-order valence-electron chi connectivity index (χ4n) is 1.26. The molecule has 2 rings (SSSR count). The van der Waals surface area contributed by atoms with Gasteiger partial charge in [-0.1, -0.05) is 39.4 Å². The van der Waals surface area contributed by atoms with Gasteiger partial charge in [0.2, 0.25) is 0 Å². The van der Waals surface area contributed by atoms with E-state index >= 15 is 0 Å². The van der Waals surface area contributed by atoms with Crippen LogP contribution in [0.4, 0.5) is 0 Å². The number of hydrogen-bond donors (Lipinski definition) is 0. The molecule has 0 aliphatic carbocycles. The number of rotatable bonds is 4. The van der Waals surface area contributed by atoms with E-state index in [0.29, 0.717) is 11.5 Å². The van der Waals surface area contributed by atoms with Crippen molar-refractivity contribution < 1.29 is 9.53 Å². The number of aldehydes is 1. The molecule has 1 heterocycles. The lowest BCUT2D eigenvalue weighted by atomic mass is 10.2. The molecule has 16 heavy (non-hydrogen) atoms. The Kier molecular flexibility index (Phi) is 3.74. The van der Waals surface area contributed by atoms with Gasteiger partial charge in [-0.05, 0) is 29.8 Å². The molecule has 4 heteroatoms. The Hall–Kier alpha value is -1.13. The maximum absolute atomic E-state index is 10.5. The summed E-state index contributed by atoms with van der Waals surface area (Å²) in [4.78, 5) is 11.2. The van der Waals surface area contributed by atoms with Crippen molar-refractivity contribution in [2.45, 2.75) is 6.61 Å². The fourth-order valence-corrected chi connectivity index (χ4v) is 2.37. The number of benzene rings is 1. The Morgan fingerprint density at radius 3 is 2.88 bits per heavy atom. The average Bonchev–Trinajstić information content (AvgIpc) is 2.74. The Labute approximate surface area is 106 Å². The van der Waals surface area contributed by atoms with Crippen LogP contribution in [0.2, 0.25) is 0 Å². The molecule has 82 valence electrons. The van der Waals surface area contributed by atoms with Crippen molar-refractivity contribution in [3.8, 4) is 5.06 Å². The van der Waals surface area contributed by atoms with E-state index in [0.717, 1.165) is 21.4 Å². The van der Waals surface area contributed by atoms with Crippen LogP contribution in [0, 0.1) is 0 Å². The second-order valence-corrected chi connectivity index (χ2v) is 5.19. The smallest absolute Gasteiger partial charge is 0.174 e. The average molecular weight is 297 g/mol. The van der Waals surface area contributed by atoms with E-state index in [4.69, 9.17) is 4.74 Å². The minimum Gasteiger partial charge on any atom is -0.479 e. The lowest BCUT2D eigenvalue weighted by Gasteiger charge is -2.03. The van der Waals surface area contributed by atoms with Crippen LogP contribution in [-0.2, 0) is 6.61 Å². The van der Waals surface area contributed by atoms with Crippen molar-refractivity contribution in [2.24, 2.45) is 0 Å². The molecule has 0 amide bonds. The second-order valence-electron chi connectivity index (χ2n) is 3.19. The van der Waals surface area contributed by atoms with Crippen LogP contribution in [0.25, 0.3) is 0 Å². The summed E-state index contributed by atoms with van der Waals surface area (Å²) in [5, 5.41) is 0.766. The molecular formula is C12H9BrO2S. The molecule has 2 aromatic rings. The Morgan fingerprint density at radius 2 is 2.19 bits per heavy atom. The van der Waals surface area contributed by atoms with Gasteiger partial charge in [0.25, 0.3) is 0 Å². The Balaban J connectivity index is 1.99. The standard InChI is InChI=1S/C12H9BrO2S/c13-10-3-1-2-9(6-10)8-15-12-5-4-11(7-14)16-12/h1-7H,8H2. The summed E-state index contributed by atoms with van der Waals surface area (Å²) in [6.07, 6.45) is 0.830. The molecule has 0 aliphatic rings. The SMILES string of the molecule is O=Cc1ccc(OCc2cccc(Br)c2)s1. The van der Waals surface area contributed by atoms with Crippen LogP contribution in [-0.4, -0.2) is 6.29 Å². The molecule has 0 saturated carbocycles. The maximum atomic E-state index is 10.5. The van der Waals surface area contributed by atoms with Crippen molar-refractivity contribution in [1.82, 2.24) is 0 Å². The first-order valence-electron chi connectivity index (χ1n) is 4.70. The van der Waals surface area contributed by atoms with Gasteiger partial charge in [0.05, 0.1) is 4.88 Å². The van der Waals surface area contributed by atoms with Gasteiger partial charge in [-0.2, -0.15) is 0 Å². The summed E-state index contributed by atoms with van der Waals surface area (Å²) in [7, 11) is 0. The molecule has 0 spiro atoms. The molecule has 1 aromatic heterocycles. The third-order valence-electron chi connectivity index (χ3n) is 1.99. The summed E-state index contributed by atoms with van der Waals surface area (Å²) in [5.41, 5.74) is 1.09. The zero-order chi connectivity index (χ0) is 11.4. The summed E-state index contributed by atoms with van der Waals surface area (Å²) in [6.45, 7) is 0.512. The monoisotopic (exact) mass is 296 g/mol. The van der Waals surface area contributed by atoms with Crippen LogP contribution in [0.15, 0.2) is 40.9 Å². The topological polar surface area (TPSA) is 26.3 Å². The maximum Gasteiger partial charge on any atom is 0.174 e. The third kappa shape index (κ3) is 2.93. The molecular weight excluding hydrogens is 288 g/mol. The number of hydrogen-bond acceptors (Lipinski definition) is 3. The third-order valence-corrected chi connectivity index (χ3v) is 3.40. The minimum atomic E-state index is 0.512. The van der Waals surface area contributed by atoms with Crippen LogP contribution < -0.4 is 4.74 Å². The first-order valence-corrected chi connectivity index (χ1v) is 6.31. The Morgan fingerprint density at radius 1 is 1.31 bits per heavy atom. The molecule has 0 saturated heterocycles. The molecule has 0 bridgehead atoms. The van der Waals surface area contributed by atoms with Gasteiger partial charge in [-0.3, -0.25) is 4.79 Å². The zero-order valence-corrected chi connectivity index (χ0v) is 10.8. The number of thiophene rings is 1. The summed E-state index contributed by atoms with van der Waals surface area (Å²) >= 11 is 4.76. The van der Waals surface area contributed by atoms with E-state index in [1.807, 2.05) is 30.3 Å². The van der Waals surface area contributed by atoms with Gasteiger partial charge < -0.3 is 4.74 Å². The van der Waals surface area contributed by atoms with Crippen molar-refractivity contribution in [2.75, 3.05) is 0 Å². The molecule has 1 aromatic carbocycles. The van der Waals surface area contributed by atoms with Crippen LogP contribution in [0.3, 0.4) is 0 Å². The van der Waals surface area contributed by atoms with Gasteiger partial charge in [0.15, 0.2) is 11.3 Å². The van der Waals surface area contributed by atoms with E-state index in [1.54, 1.807) is 6.07 Å². The quantitative estimate of drug-likeness (QED) is 0.800. The van der Waals surface area contributed by atoms with E-state index < -0.39 is 0 Å². The first-order chi connectivity index (χ1) is 7.78. The van der Waals surface area contributed by atoms with Crippen molar-refractivity contribution in [1.29, 1.82) is 0 Å². The molecule has 0 atom stereocenters. The highest BCUT2D eigenvalue weighted by molar-refractivity contribution is 9.10. The van der Waals surface area contributed by atoms with Crippen molar-refractivity contribution in [3.05, 3.63) is 51.3 Å². The summed E-state index contributed by atoms with van der Waals surface area (Å²) in [5.74, 6) is 0. The van der Waals surface area contributed by atoms with Gasteiger partial charge in [-0.15, -0.1) is 0 Å². The van der Waals surface area contributed by atoms with Crippen molar-refractivity contribution >= 4 is 33.6 Å². The largest absolute Gasteiger partial charge is 0.479 e. The predicted octanol–water partition coefficient (Wildman–Crippen LogP) is 3.90. The molecule has 2 nitrogen and oxygen atoms in total. The minimum absolute atomic E-state index is 0.512. The highest BCUT2D eigenvalue weighted by Gasteiger charge is 2.00. The van der Waals surface area contributed by atoms with E-state index in [2.05, 4.69) is 15.9 Å². The predicted molar refractivity (Wildman–Crippen MR) is 68.2 cm³/mol. The highest BCUT2D eigenvalue weighted by Crippen LogP contribution is 2.24. The number of ether oxygens (including phenoxy) is 1. The van der Waals surface area contributed by atoms with Gasteiger partial charge in [-0.25, -0.2) is 0 Å². The first kappa shape index (κ1) is 11.4. The number of carbonyl (C=O) groups is 1. The number of carbonyl (C=O) groups excluding carboxylic acids is 1. The normalized spacial score (nSPS) is 10.1. The molecule has 0 unspecified atom stereocenters. The lowest BCUT2D eigenvalue weighted by Crippen LogP contribution is -1.93. The fraction of sp³-hybridized carbons (Fsp3) is 0.0833. The second kappa shape index (κ2) is 5.27.